The van der Waals surface area contributed by atoms with Gasteiger partial charge in [0.1, 0.15) is 11.3 Å². The van der Waals surface area contributed by atoms with Crippen LogP contribution in [0.25, 0.3) is 11.0 Å². The zero-order valence-electron chi connectivity index (χ0n) is 21.0. The van der Waals surface area contributed by atoms with Crippen molar-refractivity contribution in [1.82, 2.24) is 9.80 Å². The van der Waals surface area contributed by atoms with Crippen molar-refractivity contribution in [3.8, 4) is 5.75 Å². The minimum atomic E-state index is -0.515. The number of likely N-dealkylation sites (N-methyl/N-ethyl adjacent to an activating group) is 1. The van der Waals surface area contributed by atoms with Crippen molar-refractivity contribution in [2.75, 3.05) is 33.8 Å². The summed E-state index contributed by atoms with van der Waals surface area (Å²) >= 11 is 0. The van der Waals surface area contributed by atoms with E-state index in [2.05, 4.69) is 13.8 Å². The van der Waals surface area contributed by atoms with Crippen molar-refractivity contribution < 1.29 is 13.9 Å². The largest absolute Gasteiger partial charge is 0.494 e. The average Bonchev–Trinajstić information content (AvgIpc) is 3.06. The van der Waals surface area contributed by atoms with Gasteiger partial charge in [-0.2, -0.15) is 0 Å². The fourth-order valence-electron chi connectivity index (χ4n) is 4.35. The normalized spacial score (nSPS) is 15.6. The molecule has 0 bridgehead atoms. The van der Waals surface area contributed by atoms with Gasteiger partial charge in [-0.3, -0.25) is 9.59 Å². The van der Waals surface area contributed by atoms with Gasteiger partial charge < -0.3 is 19.0 Å². The van der Waals surface area contributed by atoms with Crippen LogP contribution in [0.5, 0.6) is 5.75 Å². The van der Waals surface area contributed by atoms with Crippen molar-refractivity contribution in [2.24, 2.45) is 5.92 Å². The van der Waals surface area contributed by atoms with Gasteiger partial charge in [0.2, 0.25) is 5.76 Å². The number of carbonyl (C=O) groups excluding carboxylic acids is 1. The molecule has 0 saturated heterocycles. The molecule has 0 N–H and O–H groups in total. The molecule has 1 aromatic heterocycles. The highest BCUT2D eigenvalue weighted by Gasteiger charge is 2.42. The van der Waals surface area contributed by atoms with E-state index < -0.39 is 6.04 Å². The van der Waals surface area contributed by atoms with E-state index in [0.717, 1.165) is 28.9 Å². The number of aryl methyl sites for hydroxylation is 2. The van der Waals surface area contributed by atoms with Crippen LogP contribution in [0.2, 0.25) is 0 Å². The highest BCUT2D eigenvalue weighted by Crippen LogP contribution is 2.39. The van der Waals surface area contributed by atoms with Crippen LogP contribution in [0, 0.1) is 19.8 Å². The molecule has 0 aliphatic carbocycles. The molecule has 0 spiro atoms. The van der Waals surface area contributed by atoms with E-state index in [1.54, 1.807) is 4.90 Å². The molecular formula is C28H34N2O4. The first-order valence-corrected chi connectivity index (χ1v) is 11.9. The van der Waals surface area contributed by atoms with Gasteiger partial charge in [-0.15, -0.1) is 0 Å². The minimum Gasteiger partial charge on any atom is -0.494 e. The van der Waals surface area contributed by atoms with Gasteiger partial charge in [0, 0.05) is 13.1 Å². The molecule has 2 heterocycles. The molecule has 3 aromatic rings. The van der Waals surface area contributed by atoms with Gasteiger partial charge in [-0.1, -0.05) is 26.0 Å². The fourth-order valence-corrected chi connectivity index (χ4v) is 4.35. The number of fused-ring (bicyclic) bond motifs is 2. The number of nitrogens with zero attached hydrogens (tertiary/aromatic N) is 2. The van der Waals surface area contributed by atoms with E-state index in [4.69, 9.17) is 9.15 Å². The zero-order chi connectivity index (χ0) is 24.6. The Kier molecular flexibility index (Phi) is 6.80. The number of ether oxygens (including phenoxy) is 1. The zero-order valence-corrected chi connectivity index (χ0v) is 21.0. The summed E-state index contributed by atoms with van der Waals surface area (Å²) in [5.41, 5.74) is 3.62. The Morgan fingerprint density at radius 1 is 1.09 bits per heavy atom. The standard InChI is InChI=1S/C28H34N2O4/c1-17(2)10-13-33-21-9-7-8-20(16-21)25-24-26(31)22-14-18(3)19(4)15-23(22)34-27(24)28(32)30(25)12-11-29(5)6/h7-9,14-17,25H,10-13H2,1-6H3. The van der Waals surface area contributed by atoms with E-state index in [1.165, 1.54) is 0 Å². The molecule has 4 rings (SSSR count). The van der Waals surface area contributed by atoms with Crippen molar-refractivity contribution in [3.63, 3.8) is 0 Å². The van der Waals surface area contributed by atoms with Gasteiger partial charge in [0.05, 0.1) is 23.6 Å². The molecule has 2 aromatic carbocycles. The maximum Gasteiger partial charge on any atom is 0.290 e. The molecule has 0 radical (unpaired) electrons. The van der Waals surface area contributed by atoms with Crippen LogP contribution in [-0.2, 0) is 0 Å². The highest BCUT2D eigenvalue weighted by molar-refractivity contribution is 5.99. The van der Waals surface area contributed by atoms with E-state index in [9.17, 15) is 9.59 Å². The first-order valence-electron chi connectivity index (χ1n) is 11.9. The molecule has 1 atom stereocenters. The number of hydrogen-bond donors (Lipinski definition) is 0. The van der Waals surface area contributed by atoms with Crippen LogP contribution in [-0.4, -0.2) is 49.5 Å². The summed E-state index contributed by atoms with van der Waals surface area (Å²) < 4.78 is 12.1. The van der Waals surface area contributed by atoms with E-state index in [-0.39, 0.29) is 17.1 Å². The second-order valence-electron chi connectivity index (χ2n) is 9.91. The fraction of sp³-hybridized carbons (Fsp3) is 0.429. The van der Waals surface area contributed by atoms with Crippen LogP contribution in [0.4, 0.5) is 0 Å². The van der Waals surface area contributed by atoms with Gasteiger partial charge in [0.25, 0.3) is 5.91 Å². The Bertz CT molecular complexity index is 1280. The summed E-state index contributed by atoms with van der Waals surface area (Å²) in [6.45, 7) is 10.1. The topological polar surface area (TPSA) is 63.0 Å². The molecule has 6 nitrogen and oxygen atoms in total. The third-order valence-electron chi connectivity index (χ3n) is 6.51. The number of rotatable bonds is 8. The van der Waals surface area contributed by atoms with Gasteiger partial charge in [-0.05, 0) is 81.2 Å². The van der Waals surface area contributed by atoms with Crippen molar-refractivity contribution in [3.05, 3.63) is 74.6 Å². The third-order valence-corrected chi connectivity index (χ3v) is 6.51. The number of amides is 1. The Hall–Kier alpha value is -3.12. The molecule has 34 heavy (non-hydrogen) atoms. The summed E-state index contributed by atoms with van der Waals surface area (Å²) in [6, 6.07) is 10.9. The maximum absolute atomic E-state index is 13.7. The van der Waals surface area contributed by atoms with E-state index in [0.29, 0.717) is 42.1 Å². The van der Waals surface area contributed by atoms with Crippen molar-refractivity contribution >= 4 is 16.9 Å². The van der Waals surface area contributed by atoms with Crippen LogP contribution < -0.4 is 10.2 Å². The monoisotopic (exact) mass is 462 g/mol. The van der Waals surface area contributed by atoms with Crippen LogP contribution in [0.1, 0.15) is 59.1 Å². The van der Waals surface area contributed by atoms with Gasteiger partial charge in [0.15, 0.2) is 5.43 Å². The van der Waals surface area contributed by atoms with E-state index >= 15 is 0 Å². The molecule has 1 unspecified atom stereocenters. The third kappa shape index (κ3) is 4.60. The number of carbonyl (C=O) groups is 1. The second kappa shape index (κ2) is 9.63. The Morgan fingerprint density at radius 3 is 2.53 bits per heavy atom. The minimum absolute atomic E-state index is 0.142. The molecule has 1 aliphatic heterocycles. The molecule has 1 amide bonds. The summed E-state index contributed by atoms with van der Waals surface area (Å²) in [6.07, 6.45) is 0.957. The number of benzene rings is 2. The highest BCUT2D eigenvalue weighted by atomic mass is 16.5. The SMILES string of the molecule is Cc1cc2oc3c(c(=O)c2cc1C)C(c1cccc(OCCC(C)C)c1)N(CCN(C)C)C3=O. The van der Waals surface area contributed by atoms with Crippen LogP contribution in [0.3, 0.4) is 0 Å². The summed E-state index contributed by atoms with van der Waals surface area (Å²) in [5.74, 6) is 1.19. The first kappa shape index (κ1) is 24.0. The Morgan fingerprint density at radius 2 is 1.82 bits per heavy atom. The maximum atomic E-state index is 13.7. The van der Waals surface area contributed by atoms with Crippen LogP contribution in [0.15, 0.2) is 45.6 Å². The quantitative estimate of drug-likeness (QED) is 0.474. The molecule has 0 saturated carbocycles. The summed E-state index contributed by atoms with van der Waals surface area (Å²) in [4.78, 5) is 31.0. The molecule has 6 heteroatoms. The Balaban J connectivity index is 1.83. The second-order valence-corrected chi connectivity index (χ2v) is 9.91. The lowest BCUT2D eigenvalue weighted by Gasteiger charge is -2.26. The lowest BCUT2D eigenvalue weighted by Crippen LogP contribution is -2.35. The predicted octanol–water partition coefficient (Wildman–Crippen LogP) is 4.94. The molecule has 180 valence electrons. The molecule has 0 fully saturated rings. The lowest BCUT2D eigenvalue weighted by atomic mass is 9.97. The number of hydrogen-bond acceptors (Lipinski definition) is 5. The molecular weight excluding hydrogens is 428 g/mol. The Labute approximate surface area is 201 Å². The predicted molar refractivity (Wildman–Crippen MR) is 135 cm³/mol. The lowest BCUT2D eigenvalue weighted by molar-refractivity contribution is 0.0716. The first-order chi connectivity index (χ1) is 16.2. The van der Waals surface area contributed by atoms with Crippen molar-refractivity contribution in [1.29, 1.82) is 0 Å². The van der Waals surface area contributed by atoms with E-state index in [1.807, 2.05) is 69.2 Å². The summed E-state index contributed by atoms with van der Waals surface area (Å²) in [7, 11) is 3.93. The smallest absolute Gasteiger partial charge is 0.290 e. The van der Waals surface area contributed by atoms with Gasteiger partial charge in [-0.25, -0.2) is 0 Å². The summed E-state index contributed by atoms with van der Waals surface area (Å²) in [5, 5.41) is 0.512. The van der Waals surface area contributed by atoms with Gasteiger partial charge >= 0.3 is 0 Å². The van der Waals surface area contributed by atoms with Crippen LogP contribution >= 0.6 is 0 Å². The molecule has 1 aliphatic rings. The van der Waals surface area contributed by atoms with Crippen molar-refractivity contribution in [2.45, 2.75) is 40.2 Å². The average molecular weight is 463 g/mol.